The number of anilines is 1. The third-order valence-corrected chi connectivity index (χ3v) is 4.25. The fourth-order valence-corrected chi connectivity index (χ4v) is 2.45. The number of benzene rings is 2. The number of rotatable bonds is 7. The molecule has 0 aliphatic heterocycles. The predicted molar refractivity (Wildman–Crippen MR) is 106 cm³/mol. The number of hydrazone groups is 1. The van der Waals surface area contributed by atoms with Crippen LogP contribution in [0.5, 0.6) is 0 Å². The number of nitrogens with zero attached hydrogens (tertiary/aromatic N) is 1. The zero-order valence-corrected chi connectivity index (χ0v) is 15.8. The molecular weight excluding hydrogens is 373 g/mol. The van der Waals surface area contributed by atoms with Crippen LogP contribution < -0.4 is 10.7 Å². The highest BCUT2D eigenvalue weighted by molar-refractivity contribution is 6.42. The summed E-state index contributed by atoms with van der Waals surface area (Å²) in [6.45, 7) is 1.83. The second kappa shape index (κ2) is 9.94. The predicted octanol–water partition coefficient (Wildman–Crippen LogP) is 4.45. The number of hydrogen-bond donors (Lipinski definition) is 2. The Morgan fingerprint density at radius 1 is 1.00 bits per heavy atom. The van der Waals surface area contributed by atoms with Gasteiger partial charge in [0.2, 0.25) is 11.8 Å². The molecule has 2 N–H and O–H groups in total. The van der Waals surface area contributed by atoms with Crippen molar-refractivity contribution >= 4 is 46.4 Å². The smallest absolute Gasteiger partial charge is 0.249 e. The molecule has 2 rings (SSSR count). The lowest BCUT2D eigenvalue weighted by Crippen LogP contribution is -2.25. The number of carbonyl (C=O) groups excluding carboxylic acids is 2. The maximum absolute atomic E-state index is 11.9. The molecule has 0 heterocycles. The summed E-state index contributed by atoms with van der Waals surface area (Å²) in [5.41, 5.74) is 4.86. The van der Waals surface area contributed by atoms with E-state index in [1.165, 1.54) is 11.6 Å². The van der Waals surface area contributed by atoms with Crippen molar-refractivity contribution < 1.29 is 9.59 Å². The summed E-state index contributed by atoms with van der Waals surface area (Å²) in [5, 5.41) is 7.33. The lowest BCUT2D eigenvalue weighted by Gasteiger charge is -2.06. The van der Waals surface area contributed by atoms with E-state index in [-0.39, 0.29) is 6.42 Å². The standard InChI is InChI=1S/C19H19Cl2N3O2/c1-13(7-8-14-5-3-2-4-6-14)23-24-19(26)12-18(25)22-15-9-10-16(20)17(21)11-15/h2-6,9-11H,7-8,12H2,1H3,(H,22,25)(H,24,26)/b23-13-. The maximum atomic E-state index is 11.9. The molecule has 0 atom stereocenters. The molecule has 0 saturated heterocycles. The highest BCUT2D eigenvalue weighted by atomic mass is 35.5. The molecule has 5 nitrogen and oxygen atoms in total. The normalized spacial score (nSPS) is 11.1. The van der Waals surface area contributed by atoms with E-state index in [9.17, 15) is 9.59 Å². The van der Waals surface area contributed by atoms with Crippen LogP contribution in [0.2, 0.25) is 10.0 Å². The third-order valence-electron chi connectivity index (χ3n) is 3.51. The number of hydrogen-bond acceptors (Lipinski definition) is 3. The van der Waals surface area contributed by atoms with Gasteiger partial charge in [-0.2, -0.15) is 5.10 Å². The lowest BCUT2D eigenvalue weighted by molar-refractivity contribution is -0.126. The maximum Gasteiger partial charge on any atom is 0.249 e. The minimum Gasteiger partial charge on any atom is -0.326 e. The molecule has 0 aliphatic carbocycles. The van der Waals surface area contributed by atoms with Gasteiger partial charge in [-0.1, -0.05) is 53.5 Å². The summed E-state index contributed by atoms with van der Waals surface area (Å²) in [4.78, 5) is 23.7. The molecular formula is C19H19Cl2N3O2. The third kappa shape index (κ3) is 6.86. The van der Waals surface area contributed by atoms with Gasteiger partial charge in [-0.3, -0.25) is 9.59 Å². The minimum atomic E-state index is -0.485. The lowest BCUT2D eigenvalue weighted by atomic mass is 10.1. The zero-order valence-electron chi connectivity index (χ0n) is 14.3. The van der Waals surface area contributed by atoms with Crippen LogP contribution in [0.4, 0.5) is 5.69 Å². The SMILES string of the molecule is C/C(CCc1ccccc1)=N/NC(=O)CC(=O)Nc1ccc(Cl)c(Cl)c1. The summed E-state index contributed by atoms with van der Waals surface area (Å²) in [5.74, 6) is -0.945. The van der Waals surface area contributed by atoms with Gasteiger partial charge in [0.1, 0.15) is 6.42 Å². The van der Waals surface area contributed by atoms with E-state index in [2.05, 4.69) is 15.8 Å². The highest BCUT2D eigenvalue weighted by Gasteiger charge is 2.10. The van der Waals surface area contributed by atoms with Crippen molar-refractivity contribution in [2.24, 2.45) is 5.10 Å². The molecule has 0 bridgehead atoms. The molecule has 7 heteroatoms. The van der Waals surface area contributed by atoms with Crippen LogP contribution in [0.3, 0.4) is 0 Å². The Bertz CT molecular complexity index is 808. The fourth-order valence-electron chi connectivity index (χ4n) is 2.15. The first-order valence-corrected chi connectivity index (χ1v) is 8.80. The van der Waals surface area contributed by atoms with Crippen LogP contribution >= 0.6 is 23.2 Å². The largest absolute Gasteiger partial charge is 0.326 e. The Hall–Kier alpha value is -2.37. The molecule has 0 fully saturated rings. The van der Waals surface area contributed by atoms with Crippen molar-refractivity contribution in [2.75, 3.05) is 5.32 Å². The number of nitrogens with one attached hydrogen (secondary N) is 2. The number of halogens is 2. The molecule has 0 aromatic heterocycles. The number of aryl methyl sites for hydroxylation is 1. The molecule has 2 aromatic carbocycles. The van der Waals surface area contributed by atoms with Gasteiger partial charge >= 0.3 is 0 Å². The van der Waals surface area contributed by atoms with Gasteiger partial charge in [-0.05, 0) is 43.5 Å². The van der Waals surface area contributed by atoms with E-state index in [0.29, 0.717) is 15.7 Å². The Balaban J connectivity index is 1.76. The van der Waals surface area contributed by atoms with E-state index in [1.807, 2.05) is 37.3 Å². The average molecular weight is 392 g/mol. The first-order valence-electron chi connectivity index (χ1n) is 8.05. The van der Waals surface area contributed by atoms with Crippen molar-refractivity contribution in [1.82, 2.24) is 5.43 Å². The molecule has 136 valence electrons. The van der Waals surface area contributed by atoms with Gasteiger partial charge in [-0.15, -0.1) is 0 Å². The fraction of sp³-hybridized carbons (Fsp3) is 0.211. The van der Waals surface area contributed by atoms with Crippen LogP contribution in [0.1, 0.15) is 25.3 Å². The Morgan fingerprint density at radius 3 is 2.42 bits per heavy atom. The van der Waals surface area contributed by atoms with Gasteiger partial charge in [0.15, 0.2) is 0 Å². The van der Waals surface area contributed by atoms with Gasteiger partial charge in [0, 0.05) is 11.4 Å². The monoisotopic (exact) mass is 391 g/mol. The molecule has 0 spiro atoms. The quantitative estimate of drug-likeness (QED) is 0.415. The van der Waals surface area contributed by atoms with Gasteiger partial charge in [0.05, 0.1) is 10.0 Å². The number of carbonyl (C=O) groups is 2. The average Bonchev–Trinajstić information content (AvgIpc) is 2.62. The Morgan fingerprint density at radius 2 is 1.73 bits per heavy atom. The van der Waals surface area contributed by atoms with Crippen LogP contribution in [0, 0.1) is 0 Å². The van der Waals surface area contributed by atoms with Crippen LogP contribution in [-0.4, -0.2) is 17.5 Å². The van der Waals surface area contributed by atoms with Crippen LogP contribution in [0.15, 0.2) is 53.6 Å². The van der Waals surface area contributed by atoms with E-state index < -0.39 is 11.8 Å². The Labute approximate surface area is 162 Å². The summed E-state index contributed by atoms with van der Waals surface area (Å²) in [6.07, 6.45) is 1.22. The molecule has 0 unspecified atom stereocenters. The second-order valence-corrected chi connectivity index (χ2v) is 6.54. The van der Waals surface area contributed by atoms with E-state index in [0.717, 1.165) is 18.6 Å². The molecule has 26 heavy (non-hydrogen) atoms. The minimum absolute atomic E-state index is 0.326. The number of amides is 2. The van der Waals surface area contributed by atoms with Crippen LogP contribution in [-0.2, 0) is 16.0 Å². The summed E-state index contributed by atoms with van der Waals surface area (Å²) in [6, 6.07) is 14.7. The van der Waals surface area contributed by atoms with E-state index >= 15 is 0 Å². The van der Waals surface area contributed by atoms with E-state index in [1.54, 1.807) is 12.1 Å². The first-order chi connectivity index (χ1) is 12.4. The molecule has 2 amide bonds. The zero-order chi connectivity index (χ0) is 18.9. The second-order valence-electron chi connectivity index (χ2n) is 5.72. The molecule has 0 saturated carbocycles. The summed E-state index contributed by atoms with van der Waals surface area (Å²) >= 11 is 11.7. The highest BCUT2D eigenvalue weighted by Crippen LogP contribution is 2.24. The topological polar surface area (TPSA) is 70.6 Å². The van der Waals surface area contributed by atoms with Gasteiger partial charge in [-0.25, -0.2) is 5.43 Å². The van der Waals surface area contributed by atoms with Crippen molar-refractivity contribution in [1.29, 1.82) is 0 Å². The van der Waals surface area contributed by atoms with E-state index in [4.69, 9.17) is 23.2 Å². The summed E-state index contributed by atoms with van der Waals surface area (Å²) in [7, 11) is 0. The molecule has 0 aliphatic rings. The van der Waals surface area contributed by atoms with Gasteiger partial charge in [0.25, 0.3) is 0 Å². The van der Waals surface area contributed by atoms with Gasteiger partial charge < -0.3 is 5.32 Å². The van der Waals surface area contributed by atoms with Crippen molar-refractivity contribution in [3.63, 3.8) is 0 Å². The van der Waals surface area contributed by atoms with Crippen molar-refractivity contribution in [2.45, 2.75) is 26.2 Å². The van der Waals surface area contributed by atoms with Crippen molar-refractivity contribution in [3.8, 4) is 0 Å². The molecule has 0 radical (unpaired) electrons. The summed E-state index contributed by atoms with van der Waals surface area (Å²) < 4.78 is 0. The molecule has 2 aromatic rings. The Kier molecular flexibility index (Phi) is 7.63. The first kappa shape index (κ1) is 19.9. The van der Waals surface area contributed by atoms with Crippen LogP contribution in [0.25, 0.3) is 0 Å². The van der Waals surface area contributed by atoms with Crippen molar-refractivity contribution in [3.05, 3.63) is 64.1 Å².